The van der Waals surface area contributed by atoms with E-state index >= 15 is 0 Å². The highest BCUT2D eigenvalue weighted by molar-refractivity contribution is 5.59. The summed E-state index contributed by atoms with van der Waals surface area (Å²) in [6.45, 7) is 6.84. The lowest BCUT2D eigenvalue weighted by Crippen LogP contribution is -2.24. The molecule has 0 amide bonds. The van der Waals surface area contributed by atoms with Gasteiger partial charge >= 0.3 is 0 Å². The van der Waals surface area contributed by atoms with Crippen molar-refractivity contribution in [3.05, 3.63) is 36.2 Å². The summed E-state index contributed by atoms with van der Waals surface area (Å²) in [5.74, 6) is 0. The summed E-state index contributed by atoms with van der Waals surface area (Å²) in [6, 6.07) is 5.89. The SMILES string of the molecule is CC(C)(C)n1nccc1-c1ncccc1CN. The Balaban J connectivity index is 2.58. The van der Waals surface area contributed by atoms with E-state index < -0.39 is 0 Å². The zero-order chi connectivity index (χ0) is 12.5. The van der Waals surface area contributed by atoms with Crippen LogP contribution in [0, 0.1) is 0 Å². The molecule has 4 heteroatoms. The lowest BCUT2D eigenvalue weighted by molar-refractivity contribution is 0.359. The summed E-state index contributed by atoms with van der Waals surface area (Å²) in [5.41, 5.74) is 8.65. The van der Waals surface area contributed by atoms with Gasteiger partial charge in [-0.05, 0) is 38.5 Å². The van der Waals surface area contributed by atoms with E-state index in [1.54, 1.807) is 12.4 Å². The molecule has 0 unspecified atom stereocenters. The number of hydrogen-bond acceptors (Lipinski definition) is 3. The van der Waals surface area contributed by atoms with Gasteiger partial charge in [0.1, 0.15) is 0 Å². The quantitative estimate of drug-likeness (QED) is 0.860. The predicted octanol–water partition coefficient (Wildman–Crippen LogP) is 2.16. The minimum absolute atomic E-state index is 0.0672. The lowest BCUT2D eigenvalue weighted by Gasteiger charge is -2.22. The molecule has 2 heterocycles. The normalized spacial score (nSPS) is 11.8. The van der Waals surface area contributed by atoms with E-state index in [1.807, 2.05) is 22.9 Å². The van der Waals surface area contributed by atoms with Gasteiger partial charge < -0.3 is 5.73 Å². The fourth-order valence-corrected chi connectivity index (χ4v) is 1.85. The third-order valence-electron chi connectivity index (χ3n) is 2.63. The van der Waals surface area contributed by atoms with Crippen molar-refractivity contribution < 1.29 is 0 Å². The first-order valence-electron chi connectivity index (χ1n) is 5.73. The first-order chi connectivity index (χ1) is 8.04. The van der Waals surface area contributed by atoms with Gasteiger partial charge in [-0.2, -0.15) is 5.10 Å². The maximum absolute atomic E-state index is 5.75. The van der Waals surface area contributed by atoms with Crippen LogP contribution in [0.3, 0.4) is 0 Å². The van der Waals surface area contributed by atoms with Crippen LogP contribution in [0.25, 0.3) is 11.4 Å². The van der Waals surface area contributed by atoms with Gasteiger partial charge in [0.05, 0.1) is 16.9 Å². The molecule has 17 heavy (non-hydrogen) atoms. The molecule has 0 atom stereocenters. The Hall–Kier alpha value is -1.68. The van der Waals surface area contributed by atoms with Crippen LogP contribution >= 0.6 is 0 Å². The topological polar surface area (TPSA) is 56.7 Å². The van der Waals surface area contributed by atoms with E-state index in [0.717, 1.165) is 17.0 Å². The second kappa shape index (κ2) is 4.30. The summed E-state index contributed by atoms with van der Waals surface area (Å²) >= 11 is 0. The average molecular weight is 230 g/mol. The van der Waals surface area contributed by atoms with Crippen molar-refractivity contribution in [1.29, 1.82) is 0 Å². The van der Waals surface area contributed by atoms with Gasteiger partial charge in [0.2, 0.25) is 0 Å². The summed E-state index contributed by atoms with van der Waals surface area (Å²) in [7, 11) is 0. The summed E-state index contributed by atoms with van der Waals surface area (Å²) in [5, 5.41) is 4.38. The molecule has 0 bridgehead atoms. The Morgan fingerprint density at radius 3 is 2.65 bits per heavy atom. The molecule has 0 radical (unpaired) electrons. The van der Waals surface area contributed by atoms with Gasteiger partial charge in [0, 0.05) is 18.9 Å². The molecule has 0 spiro atoms. The number of rotatable bonds is 2. The van der Waals surface area contributed by atoms with E-state index in [-0.39, 0.29) is 5.54 Å². The van der Waals surface area contributed by atoms with Crippen molar-refractivity contribution in [2.75, 3.05) is 0 Å². The van der Waals surface area contributed by atoms with E-state index in [9.17, 15) is 0 Å². The predicted molar refractivity (Wildman–Crippen MR) is 68.3 cm³/mol. The van der Waals surface area contributed by atoms with Crippen molar-refractivity contribution >= 4 is 0 Å². The minimum atomic E-state index is -0.0672. The van der Waals surface area contributed by atoms with Gasteiger partial charge in [-0.3, -0.25) is 9.67 Å². The van der Waals surface area contributed by atoms with E-state index in [1.165, 1.54) is 0 Å². The third-order valence-corrected chi connectivity index (χ3v) is 2.63. The standard InChI is InChI=1S/C13H18N4/c1-13(2,3)17-11(6-8-16-17)12-10(9-14)5-4-7-15-12/h4-8H,9,14H2,1-3H3. The van der Waals surface area contributed by atoms with Gasteiger partial charge in [0.15, 0.2) is 0 Å². The summed E-state index contributed by atoms with van der Waals surface area (Å²) in [4.78, 5) is 4.43. The molecule has 0 saturated carbocycles. The molecule has 90 valence electrons. The van der Waals surface area contributed by atoms with Crippen LogP contribution in [-0.2, 0) is 12.1 Å². The Morgan fingerprint density at radius 2 is 2.00 bits per heavy atom. The minimum Gasteiger partial charge on any atom is -0.326 e. The molecule has 0 saturated heterocycles. The molecule has 0 aliphatic heterocycles. The van der Waals surface area contributed by atoms with Crippen LogP contribution in [0.1, 0.15) is 26.3 Å². The Labute approximate surface area is 101 Å². The Kier molecular flexibility index (Phi) is 2.98. The molecule has 0 aliphatic rings. The molecular weight excluding hydrogens is 212 g/mol. The highest BCUT2D eigenvalue weighted by Crippen LogP contribution is 2.25. The van der Waals surface area contributed by atoms with Crippen molar-refractivity contribution in [2.24, 2.45) is 5.73 Å². The van der Waals surface area contributed by atoms with Crippen molar-refractivity contribution in [2.45, 2.75) is 32.9 Å². The van der Waals surface area contributed by atoms with Crippen molar-refractivity contribution in [3.63, 3.8) is 0 Å². The van der Waals surface area contributed by atoms with Crippen LogP contribution in [0.15, 0.2) is 30.6 Å². The average Bonchev–Trinajstić information content (AvgIpc) is 2.77. The summed E-state index contributed by atoms with van der Waals surface area (Å²) in [6.07, 6.45) is 3.59. The molecule has 0 aliphatic carbocycles. The first-order valence-corrected chi connectivity index (χ1v) is 5.73. The number of nitrogens with two attached hydrogens (primary N) is 1. The maximum Gasteiger partial charge on any atom is 0.0927 e. The van der Waals surface area contributed by atoms with Gasteiger partial charge in [-0.1, -0.05) is 6.07 Å². The fraction of sp³-hybridized carbons (Fsp3) is 0.385. The van der Waals surface area contributed by atoms with Gasteiger partial charge in [0.25, 0.3) is 0 Å². The van der Waals surface area contributed by atoms with Gasteiger partial charge in [-0.25, -0.2) is 0 Å². The maximum atomic E-state index is 5.75. The smallest absolute Gasteiger partial charge is 0.0927 e. The molecule has 2 aromatic heterocycles. The molecule has 0 aromatic carbocycles. The highest BCUT2D eigenvalue weighted by Gasteiger charge is 2.19. The number of nitrogens with zero attached hydrogens (tertiary/aromatic N) is 3. The van der Waals surface area contributed by atoms with E-state index in [2.05, 4.69) is 30.9 Å². The van der Waals surface area contributed by atoms with Crippen LogP contribution in [-0.4, -0.2) is 14.8 Å². The fourth-order valence-electron chi connectivity index (χ4n) is 1.85. The molecule has 2 rings (SSSR count). The Morgan fingerprint density at radius 1 is 1.24 bits per heavy atom. The third kappa shape index (κ3) is 2.22. The Bertz CT molecular complexity index is 508. The lowest BCUT2D eigenvalue weighted by atomic mass is 10.1. The van der Waals surface area contributed by atoms with Crippen LogP contribution in [0.4, 0.5) is 0 Å². The second-order valence-corrected chi connectivity index (χ2v) is 5.01. The summed E-state index contributed by atoms with van der Waals surface area (Å²) < 4.78 is 1.98. The molecule has 2 N–H and O–H groups in total. The van der Waals surface area contributed by atoms with Gasteiger partial charge in [-0.15, -0.1) is 0 Å². The molecule has 4 nitrogen and oxygen atoms in total. The van der Waals surface area contributed by atoms with Crippen LogP contribution in [0.2, 0.25) is 0 Å². The van der Waals surface area contributed by atoms with Crippen LogP contribution < -0.4 is 5.73 Å². The second-order valence-electron chi connectivity index (χ2n) is 5.01. The zero-order valence-electron chi connectivity index (χ0n) is 10.5. The largest absolute Gasteiger partial charge is 0.326 e. The van der Waals surface area contributed by atoms with E-state index in [0.29, 0.717) is 6.54 Å². The number of hydrogen-bond donors (Lipinski definition) is 1. The van der Waals surface area contributed by atoms with E-state index in [4.69, 9.17) is 5.73 Å². The molecule has 2 aromatic rings. The number of aromatic nitrogens is 3. The van der Waals surface area contributed by atoms with Crippen molar-refractivity contribution in [1.82, 2.24) is 14.8 Å². The van der Waals surface area contributed by atoms with Crippen LogP contribution in [0.5, 0.6) is 0 Å². The highest BCUT2D eigenvalue weighted by atomic mass is 15.3. The van der Waals surface area contributed by atoms with Crippen molar-refractivity contribution in [3.8, 4) is 11.4 Å². The molecular formula is C13H18N4. The first kappa shape index (κ1) is 11.8. The molecule has 0 fully saturated rings. The number of pyridine rings is 1. The monoisotopic (exact) mass is 230 g/mol. The zero-order valence-corrected chi connectivity index (χ0v) is 10.5.